The molecule has 0 saturated carbocycles. The number of allylic oxidation sites excluding steroid dienone is 1. The van der Waals surface area contributed by atoms with E-state index in [4.69, 9.17) is 0 Å². The lowest BCUT2D eigenvalue weighted by molar-refractivity contribution is -0.116. The number of carbonyl (C=O) groups is 1. The van der Waals surface area contributed by atoms with Crippen LogP contribution in [0.1, 0.15) is 25.8 Å². The van der Waals surface area contributed by atoms with E-state index in [2.05, 4.69) is 39.5 Å². The third-order valence-corrected chi connectivity index (χ3v) is 4.49. The number of likely N-dealkylation sites (tertiary alicyclic amines) is 1. The Bertz CT molecular complexity index is 744. The minimum Gasteiger partial charge on any atom is -0.352 e. The van der Waals surface area contributed by atoms with Gasteiger partial charge in [0.1, 0.15) is 0 Å². The number of carbonyl (C=O) groups excluding carboxylic acids is 1. The van der Waals surface area contributed by atoms with Crippen molar-refractivity contribution in [2.45, 2.75) is 26.8 Å². The van der Waals surface area contributed by atoms with Crippen LogP contribution in [0.3, 0.4) is 0 Å². The number of hydrogen-bond acceptors (Lipinski definition) is 3. The van der Waals surface area contributed by atoms with Crippen molar-refractivity contribution in [3.05, 3.63) is 53.7 Å². The topological polar surface area (TPSA) is 45.2 Å². The largest absolute Gasteiger partial charge is 0.352 e. The van der Waals surface area contributed by atoms with E-state index in [1.54, 1.807) is 6.08 Å². The predicted molar refractivity (Wildman–Crippen MR) is 97.6 cm³/mol. The van der Waals surface area contributed by atoms with E-state index in [9.17, 15) is 4.79 Å². The Morgan fingerprint density at radius 2 is 2.17 bits per heavy atom. The van der Waals surface area contributed by atoms with Gasteiger partial charge in [-0.15, -0.1) is 0 Å². The van der Waals surface area contributed by atoms with Gasteiger partial charge in [0.05, 0.1) is 5.52 Å². The quantitative estimate of drug-likeness (QED) is 0.860. The fraction of sp³-hybridized carbons (Fsp3) is 0.400. The molecule has 1 atom stereocenters. The zero-order valence-electron chi connectivity index (χ0n) is 14.5. The molecular weight excluding hydrogens is 298 g/mol. The van der Waals surface area contributed by atoms with Crippen LogP contribution in [0.15, 0.2) is 48.2 Å². The fourth-order valence-corrected chi connectivity index (χ4v) is 3.32. The Morgan fingerprint density at radius 1 is 1.33 bits per heavy atom. The summed E-state index contributed by atoms with van der Waals surface area (Å²) in [5, 5.41) is 4.25. The number of pyridine rings is 1. The van der Waals surface area contributed by atoms with Crippen LogP contribution in [-0.2, 0) is 11.3 Å². The third-order valence-electron chi connectivity index (χ3n) is 4.49. The molecule has 3 rings (SSSR count). The lowest BCUT2D eigenvalue weighted by Crippen LogP contribution is -2.30. The summed E-state index contributed by atoms with van der Waals surface area (Å²) in [6, 6.07) is 10.4. The van der Waals surface area contributed by atoms with E-state index >= 15 is 0 Å². The van der Waals surface area contributed by atoms with Crippen molar-refractivity contribution < 1.29 is 4.79 Å². The second kappa shape index (κ2) is 7.58. The van der Waals surface area contributed by atoms with E-state index in [-0.39, 0.29) is 5.91 Å². The van der Waals surface area contributed by atoms with Crippen LogP contribution < -0.4 is 5.32 Å². The van der Waals surface area contributed by atoms with Crippen LogP contribution >= 0.6 is 0 Å². The average molecular weight is 323 g/mol. The molecule has 126 valence electrons. The van der Waals surface area contributed by atoms with Gasteiger partial charge in [-0.3, -0.25) is 14.7 Å². The fourth-order valence-electron chi connectivity index (χ4n) is 3.32. The molecule has 1 aromatic carbocycles. The molecule has 0 bridgehead atoms. The minimum atomic E-state index is 0.0218. The maximum absolute atomic E-state index is 11.7. The second-order valence-corrected chi connectivity index (χ2v) is 6.84. The van der Waals surface area contributed by atoms with Gasteiger partial charge in [0.2, 0.25) is 5.91 Å². The molecule has 1 aliphatic rings. The second-order valence-electron chi connectivity index (χ2n) is 6.84. The molecule has 2 heterocycles. The van der Waals surface area contributed by atoms with E-state index in [1.807, 2.05) is 26.1 Å². The average Bonchev–Trinajstić information content (AvgIpc) is 3.00. The summed E-state index contributed by atoms with van der Waals surface area (Å²) in [4.78, 5) is 18.6. The van der Waals surface area contributed by atoms with Crippen LogP contribution in [0.4, 0.5) is 0 Å². The van der Waals surface area contributed by atoms with Gasteiger partial charge in [-0.05, 0) is 50.4 Å². The Labute approximate surface area is 143 Å². The maximum Gasteiger partial charge on any atom is 0.243 e. The number of aromatic nitrogens is 1. The van der Waals surface area contributed by atoms with Gasteiger partial charge >= 0.3 is 0 Å². The summed E-state index contributed by atoms with van der Waals surface area (Å²) in [5.74, 6) is 0.557. The van der Waals surface area contributed by atoms with Gasteiger partial charge in [-0.2, -0.15) is 0 Å². The first-order chi connectivity index (χ1) is 11.6. The number of fused-ring (bicyclic) bond motifs is 1. The highest BCUT2D eigenvalue weighted by Gasteiger charge is 2.23. The Kier molecular flexibility index (Phi) is 5.26. The van der Waals surface area contributed by atoms with Crippen molar-refractivity contribution in [1.82, 2.24) is 15.2 Å². The smallest absolute Gasteiger partial charge is 0.243 e. The Morgan fingerprint density at radius 3 is 3.00 bits per heavy atom. The molecule has 0 unspecified atom stereocenters. The van der Waals surface area contributed by atoms with Crippen molar-refractivity contribution in [1.29, 1.82) is 0 Å². The molecule has 4 nitrogen and oxygen atoms in total. The zero-order valence-corrected chi connectivity index (χ0v) is 14.5. The molecule has 1 N–H and O–H groups in total. The van der Waals surface area contributed by atoms with Crippen molar-refractivity contribution in [3.8, 4) is 0 Å². The number of rotatable bonds is 5. The zero-order chi connectivity index (χ0) is 16.9. The summed E-state index contributed by atoms with van der Waals surface area (Å²) in [6.45, 7) is 7.70. The number of amides is 1. The van der Waals surface area contributed by atoms with E-state index in [0.29, 0.717) is 5.92 Å². The molecule has 1 aliphatic heterocycles. The van der Waals surface area contributed by atoms with Crippen molar-refractivity contribution in [2.75, 3.05) is 19.6 Å². The number of hydrogen-bond donors (Lipinski definition) is 1. The summed E-state index contributed by atoms with van der Waals surface area (Å²) in [6.07, 6.45) is 4.69. The SMILES string of the molecule is CC(C)=CC(=O)NC[C@@H]1CCN(Cc2ccnc3ccccc23)C1. The molecule has 1 aromatic heterocycles. The van der Waals surface area contributed by atoms with Crippen molar-refractivity contribution in [3.63, 3.8) is 0 Å². The molecule has 1 amide bonds. The lowest BCUT2D eigenvalue weighted by atomic mass is 10.1. The molecule has 24 heavy (non-hydrogen) atoms. The van der Waals surface area contributed by atoms with Crippen molar-refractivity contribution >= 4 is 16.8 Å². The molecule has 0 aliphatic carbocycles. The van der Waals surface area contributed by atoms with E-state index in [1.165, 1.54) is 10.9 Å². The molecular formula is C20H25N3O. The van der Waals surface area contributed by atoms with Gasteiger partial charge in [-0.25, -0.2) is 0 Å². The Balaban J connectivity index is 1.56. The van der Waals surface area contributed by atoms with Gasteiger partial charge < -0.3 is 5.32 Å². The monoisotopic (exact) mass is 323 g/mol. The summed E-state index contributed by atoms with van der Waals surface area (Å²) < 4.78 is 0. The highest BCUT2D eigenvalue weighted by atomic mass is 16.1. The molecule has 1 saturated heterocycles. The highest BCUT2D eigenvalue weighted by Crippen LogP contribution is 2.22. The standard InChI is InChI=1S/C20H25N3O/c1-15(2)11-20(24)22-12-16-8-10-23(13-16)14-17-7-9-21-19-6-4-3-5-18(17)19/h3-7,9,11,16H,8,10,12-14H2,1-2H3,(H,22,24)/t16-/m0/s1. The first-order valence-electron chi connectivity index (χ1n) is 8.59. The number of benzene rings is 1. The van der Waals surface area contributed by atoms with Crippen LogP contribution in [0.2, 0.25) is 0 Å². The lowest BCUT2D eigenvalue weighted by Gasteiger charge is -2.17. The van der Waals surface area contributed by atoms with Crippen molar-refractivity contribution in [2.24, 2.45) is 5.92 Å². The number of nitrogens with zero attached hydrogens (tertiary/aromatic N) is 2. The first kappa shape index (κ1) is 16.7. The first-order valence-corrected chi connectivity index (χ1v) is 8.59. The Hall–Kier alpha value is -2.20. The van der Waals surface area contributed by atoms with E-state index < -0.39 is 0 Å². The third kappa shape index (κ3) is 4.20. The molecule has 4 heteroatoms. The summed E-state index contributed by atoms with van der Waals surface area (Å²) in [7, 11) is 0. The number of nitrogens with one attached hydrogen (secondary N) is 1. The molecule has 1 fully saturated rings. The van der Waals surface area contributed by atoms with E-state index in [0.717, 1.165) is 43.7 Å². The van der Waals surface area contributed by atoms with Crippen LogP contribution in [-0.4, -0.2) is 35.4 Å². The summed E-state index contributed by atoms with van der Waals surface area (Å²) >= 11 is 0. The molecule has 0 spiro atoms. The number of para-hydroxylation sites is 1. The van der Waals surface area contributed by atoms with Crippen LogP contribution in [0.25, 0.3) is 10.9 Å². The van der Waals surface area contributed by atoms with Crippen LogP contribution in [0, 0.1) is 5.92 Å². The minimum absolute atomic E-state index is 0.0218. The van der Waals surface area contributed by atoms with Gasteiger partial charge in [0.15, 0.2) is 0 Å². The molecule has 2 aromatic rings. The maximum atomic E-state index is 11.7. The van der Waals surface area contributed by atoms with Gasteiger partial charge in [0.25, 0.3) is 0 Å². The van der Waals surface area contributed by atoms with Gasteiger partial charge in [-0.1, -0.05) is 23.8 Å². The summed E-state index contributed by atoms with van der Waals surface area (Å²) in [5.41, 5.74) is 3.42. The van der Waals surface area contributed by atoms with Gasteiger partial charge in [0, 0.05) is 37.3 Å². The highest BCUT2D eigenvalue weighted by molar-refractivity contribution is 5.88. The predicted octanol–water partition coefficient (Wildman–Crippen LogP) is 3.14. The normalized spacial score (nSPS) is 17.8. The van der Waals surface area contributed by atoms with Crippen LogP contribution in [0.5, 0.6) is 0 Å². The molecule has 0 radical (unpaired) electrons.